The van der Waals surface area contributed by atoms with Crippen LogP contribution in [0, 0.1) is 0 Å². The molecule has 0 bridgehead atoms. The summed E-state index contributed by atoms with van der Waals surface area (Å²) in [4.78, 5) is 2.18. The molecular weight excluding hydrogens is 148 g/mol. The maximum absolute atomic E-state index is 5.78. The highest BCUT2D eigenvalue weighted by molar-refractivity contribution is 6.18. The van der Waals surface area contributed by atoms with E-state index in [1.807, 2.05) is 12.4 Å². The molecule has 1 rings (SSSR count). The molecule has 0 saturated heterocycles. The Bertz CT molecular complexity index is 147. The van der Waals surface area contributed by atoms with Crippen molar-refractivity contribution in [2.45, 2.75) is 19.5 Å². The van der Waals surface area contributed by atoms with E-state index in [2.05, 4.69) is 24.1 Å². The average Bonchev–Trinajstić information content (AvgIpc) is 2.32. The molecule has 2 nitrogen and oxygen atoms in total. The summed E-state index contributed by atoms with van der Waals surface area (Å²) in [7, 11) is 0. The van der Waals surface area contributed by atoms with Crippen LogP contribution in [0.15, 0.2) is 12.4 Å². The first-order valence-electron chi connectivity index (χ1n) is 3.50. The summed E-state index contributed by atoms with van der Waals surface area (Å²) in [6.45, 7) is 5.19. The monoisotopic (exact) mass is 160 g/mol. The summed E-state index contributed by atoms with van der Waals surface area (Å²) < 4.78 is 0. The molecule has 3 heteroatoms. The van der Waals surface area contributed by atoms with Crippen molar-refractivity contribution in [3.8, 4) is 0 Å². The van der Waals surface area contributed by atoms with Crippen LogP contribution in [0.1, 0.15) is 13.8 Å². The van der Waals surface area contributed by atoms with Gasteiger partial charge in [0.05, 0.1) is 5.88 Å². The molecule has 1 aliphatic rings. The van der Waals surface area contributed by atoms with E-state index in [0.29, 0.717) is 5.88 Å². The summed E-state index contributed by atoms with van der Waals surface area (Å²) in [5, 5.41) is 3.20. The van der Waals surface area contributed by atoms with Crippen LogP contribution in [0.5, 0.6) is 0 Å². The highest BCUT2D eigenvalue weighted by Gasteiger charge is 2.29. The molecule has 0 radical (unpaired) electrons. The van der Waals surface area contributed by atoms with Gasteiger partial charge in [0.25, 0.3) is 0 Å². The number of alkyl halides is 1. The van der Waals surface area contributed by atoms with Crippen LogP contribution >= 0.6 is 11.6 Å². The quantitative estimate of drug-likeness (QED) is 0.614. The lowest BCUT2D eigenvalue weighted by Gasteiger charge is -2.33. The lowest BCUT2D eigenvalue weighted by atomic mass is 10.2. The summed E-state index contributed by atoms with van der Waals surface area (Å²) in [5.74, 6) is 0.605. The SMILES string of the molecule is CCN1C=CNC1(C)CCl. The minimum atomic E-state index is -0.0592. The molecule has 0 aromatic carbocycles. The van der Waals surface area contributed by atoms with E-state index < -0.39 is 0 Å². The number of hydrogen-bond acceptors (Lipinski definition) is 2. The molecule has 1 N–H and O–H groups in total. The first-order valence-corrected chi connectivity index (χ1v) is 4.03. The summed E-state index contributed by atoms with van der Waals surface area (Å²) in [6, 6.07) is 0. The van der Waals surface area contributed by atoms with Gasteiger partial charge < -0.3 is 10.2 Å². The molecule has 0 saturated carbocycles. The minimum absolute atomic E-state index is 0.0592. The van der Waals surface area contributed by atoms with Gasteiger partial charge in [-0.25, -0.2) is 0 Å². The Morgan fingerprint density at radius 2 is 2.40 bits per heavy atom. The van der Waals surface area contributed by atoms with E-state index in [-0.39, 0.29) is 5.66 Å². The van der Waals surface area contributed by atoms with E-state index in [1.165, 1.54) is 0 Å². The normalized spacial score (nSPS) is 30.9. The van der Waals surface area contributed by atoms with Crippen molar-refractivity contribution in [2.24, 2.45) is 0 Å². The zero-order valence-corrected chi connectivity index (χ0v) is 7.15. The highest BCUT2D eigenvalue weighted by atomic mass is 35.5. The lowest BCUT2D eigenvalue weighted by molar-refractivity contribution is 0.198. The van der Waals surface area contributed by atoms with E-state index in [4.69, 9.17) is 11.6 Å². The predicted molar refractivity (Wildman–Crippen MR) is 43.8 cm³/mol. The highest BCUT2D eigenvalue weighted by Crippen LogP contribution is 2.17. The molecular formula is C7H13ClN2. The van der Waals surface area contributed by atoms with Crippen LogP contribution in [-0.2, 0) is 0 Å². The molecule has 10 heavy (non-hydrogen) atoms. The first kappa shape index (κ1) is 7.73. The molecule has 1 atom stereocenters. The van der Waals surface area contributed by atoms with Crippen LogP contribution in [0.25, 0.3) is 0 Å². The van der Waals surface area contributed by atoms with Crippen molar-refractivity contribution in [2.75, 3.05) is 12.4 Å². The third-order valence-electron chi connectivity index (χ3n) is 1.88. The molecule has 0 fully saturated rings. The zero-order chi connectivity index (χ0) is 7.61. The van der Waals surface area contributed by atoms with Gasteiger partial charge in [-0.2, -0.15) is 0 Å². The minimum Gasteiger partial charge on any atom is -0.367 e. The first-order chi connectivity index (χ1) is 4.73. The average molecular weight is 161 g/mol. The molecule has 58 valence electrons. The van der Waals surface area contributed by atoms with Gasteiger partial charge in [-0.1, -0.05) is 0 Å². The largest absolute Gasteiger partial charge is 0.367 e. The van der Waals surface area contributed by atoms with Crippen molar-refractivity contribution >= 4 is 11.6 Å². The number of nitrogens with one attached hydrogen (secondary N) is 1. The molecule has 0 aliphatic carbocycles. The molecule has 0 amide bonds. The second-order valence-electron chi connectivity index (χ2n) is 2.65. The number of rotatable bonds is 2. The second kappa shape index (κ2) is 2.70. The van der Waals surface area contributed by atoms with E-state index in [0.717, 1.165) is 6.54 Å². The maximum atomic E-state index is 5.78. The molecule has 0 aromatic heterocycles. The van der Waals surface area contributed by atoms with Gasteiger partial charge in [-0.05, 0) is 13.8 Å². The topological polar surface area (TPSA) is 15.3 Å². The molecule has 0 aromatic rings. The molecule has 0 spiro atoms. The van der Waals surface area contributed by atoms with Crippen molar-refractivity contribution in [3.05, 3.63) is 12.4 Å². The van der Waals surface area contributed by atoms with Gasteiger partial charge in [0.15, 0.2) is 0 Å². The molecule has 1 aliphatic heterocycles. The van der Waals surface area contributed by atoms with Crippen LogP contribution in [-0.4, -0.2) is 23.0 Å². The smallest absolute Gasteiger partial charge is 0.120 e. The van der Waals surface area contributed by atoms with Crippen LogP contribution in [0.3, 0.4) is 0 Å². The van der Waals surface area contributed by atoms with E-state index in [1.54, 1.807) is 0 Å². The Labute approximate surface area is 66.8 Å². The Morgan fingerprint density at radius 3 is 2.80 bits per heavy atom. The summed E-state index contributed by atoms with van der Waals surface area (Å²) >= 11 is 5.78. The van der Waals surface area contributed by atoms with Gasteiger partial charge in [0, 0.05) is 18.9 Å². The Morgan fingerprint density at radius 1 is 1.70 bits per heavy atom. The Balaban J connectivity index is 2.62. The van der Waals surface area contributed by atoms with Crippen LogP contribution < -0.4 is 5.32 Å². The summed E-state index contributed by atoms with van der Waals surface area (Å²) in [5.41, 5.74) is -0.0592. The zero-order valence-electron chi connectivity index (χ0n) is 6.39. The van der Waals surface area contributed by atoms with Gasteiger partial charge in [0.2, 0.25) is 0 Å². The third-order valence-corrected chi connectivity index (χ3v) is 2.40. The standard InChI is InChI=1S/C7H13ClN2/c1-3-10-5-4-9-7(10,2)6-8/h4-5,9H,3,6H2,1-2H3. The fourth-order valence-electron chi connectivity index (χ4n) is 1.12. The Hall–Kier alpha value is -0.370. The van der Waals surface area contributed by atoms with Gasteiger partial charge in [-0.3, -0.25) is 0 Å². The predicted octanol–water partition coefficient (Wildman–Crippen LogP) is 1.34. The lowest BCUT2D eigenvalue weighted by Crippen LogP contribution is -2.50. The van der Waals surface area contributed by atoms with Gasteiger partial charge in [0.1, 0.15) is 5.66 Å². The van der Waals surface area contributed by atoms with Crippen molar-refractivity contribution < 1.29 is 0 Å². The second-order valence-corrected chi connectivity index (χ2v) is 2.92. The van der Waals surface area contributed by atoms with Crippen molar-refractivity contribution in [1.29, 1.82) is 0 Å². The molecule has 1 unspecified atom stereocenters. The van der Waals surface area contributed by atoms with Gasteiger partial charge >= 0.3 is 0 Å². The fourth-order valence-corrected chi connectivity index (χ4v) is 1.35. The number of hydrogen-bond donors (Lipinski definition) is 1. The maximum Gasteiger partial charge on any atom is 0.120 e. The van der Waals surface area contributed by atoms with E-state index in [9.17, 15) is 0 Å². The van der Waals surface area contributed by atoms with Crippen molar-refractivity contribution in [1.82, 2.24) is 10.2 Å². The van der Waals surface area contributed by atoms with E-state index >= 15 is 0 Å². The summed E-state index contributed by atoms with van der Waals surface area (Å²) in [6.07, 6.45) is 3.97. The third kappa shape index (κ3) is 1.08. The number of halogens is 1. The Kier molecular flexibility index (Phi) is 2.09. The van der Waals surface area contributed by atoms with Crippen LogP contribution in [0.4, 0.5) is 0 Å². The van der Waals surface area contributed by atoms with Crippen molar-refractivity contribution in [3.63, 3.8) is 0 Å². The fraction of sp³-hybridized carbons (Fsp3) is 0.714. The number of nitrogens with zero attached hydrogens (tertiary/aromatic N) is 1. The van der Waals surface area contributed by atoms with Crippen LogP contribution in [0.2, 0.25) is 0 Å². The van der Waals surface area contributed by atoms with Gasteiger partial charge in [-0.15, -0.1) is 11.6 Å². The molecule has 1 heterocycles.